The molecule has 3 aromatic rings. The van der Waals surface area contributed by atoms with Crippen LogP contribution in [0.5, 0.6) is 17.2 Å². The maximum Gasteiger partial charge on any atom is 0.169 e. The second-order valence-corrected chi connectivity index (χ2v) is 7.39. The molecule has 6 nitrogen and oxygen atoms in total. The van der Waals surface area contributed by atoms with Crippen LogP contribution in [0.3, 0.4) is 0 Å². The minimum Gasteiger partial charge on any atom is -0.490 e. The van der Waals surface area contributed by atoms with Crippen LogP contribution in [0.2, 0.25) is 0 Å². The van der Waals surface area contributed by atoms with E-state index in [4.69, 9.17) is 14.2 Å². The molecule has 3 atom stereocenters. The molecule has 3 N–H and O–H groups in total. The fourth-order valence-corrected chi connectivity index (χ4v) is 3.09. The lowest BCUT2D eigenvalue weighted by Crippen LogP contribution is -2.16. The Kier molecular flexibility index (Phi) is 6.79. The van der Waals surface area contributed by atoms with Gasteiger partial charge in [-0.3, -0.25) is 0 Å². The Bertz CT molecular complexity index is 964. The SMILES string of the molecule is CC(O)COc1ccc2c(OCC(C)O)c3ccccc3cc2c1OCC(C)O. The van der Waals surface area contributed by atoms with Gasteiger partial charge < -0.3 is 29.5 Å². The number of ether oxygens (including phenoxy) is 3. The first-order valence-electron chi connectivity index (χ1n) is 9.78. The summed E-state index contributed by atoms with van der Waals surface area (Å²) in [4.78, 5) is 0. The largest absolute Gasteiger partial charge is 0.490 e. The highest BCUT2D eigenvalue weighted by molar-refractivity contribution is 6.08. The van der Waals surface area contributed by atoms with E-state index in [-0.39, 0.29) is 19.8 Å². The van der Waals surface area contributed by atoms with Crippen LogP contribution in [-0.4, -0.2) is 53.5 Å². The lowest BCUT2D eigenvalue weighted by atomic mass is 10.0. The van der Waals surface area contributed by atoms with E-state index >= 15 is 0 Å². The van der Waals surface area contributed by atoms with E-state index in [0.29, 0.717) is 17.2 Å². The number of fused-ring (bicyclic) bond motifs is 2. The molecule has 0 saturated heterocycles. The van der Waals surface area contributed by atoms with Crippen molar-refractivity contribution in [3.63, 3.8) is 0 Å². The van der Waals surface area contributed by atoms with Crippen LogP contribution in [0, 0.1) is 0 Å². The zero-order valence-corrected chi connectivity index (χ0v) is 17.0. The first-order chi connectivity index (χ1) is 13.9. The van der Waals surface area contributed by atoms with Crippen molar-refractivity contribution >= 4 is 21.5 Å². The molecule has 0 amide bonds. The minimum absolute atomic E-state index is 0.0981. The molecule has 0 spiro atoms. The Balaban J connectivity index is 2.20. The van der Waals surface area contributed by atoms with Gasteiger partial charge in [0.05, 0.1) is 18.3 Å². The van der Waals surface area contributed by atoms with E-state index in [1.807, 2.05) is 36.4 Å². The molecule has 0 saturated carbocycles. The first kappa shape index (κ1) is 21.2. The summed E-state index contributed by atoms with van der Waals surface area (Å²) < 4.78 is 17.6. The molecular weight excluding hydrogens is 372 g/mol. The van der Waals surface area contributed by atoms with Crippen molar-refractivity contribution in [2.75, 3.05) is 19.8 Å². The molecule has 0 aliphatic carbocycles. The number of hydrogen-bond acceptors (Lipinski definition) is 6. The highest BCUT2D eigenvalue weighted by Crippen LogP contribution is 2.43. The summed E-state index contributed by atoms with van der Waals surface area (Å²) in [6.07, 6.45) is -1.89. The first-order valence-corrected chi connectivity index (χ1v) is 9.78. The summed E-state index contributed by atoms with van der Waals surface area (Å²) in [7, 11) is 0. The van der Waals surface area contributed by atoms with Gasteiger partial charge in [-0.2, -0.15) is 0 Å². The number of aliphatic hydroxyl groups excluding tert-OH is 3. The molecule has 0 aliphatic heterocycles. The predicted octanol–water partition coefficient (Wildman–Crippen LogP) is 3.27. The van der Waals surface area contributed by atoms with Crippen LogP contribution in [0.4, 0.5) is 0 Å². The summed E-state index contributed by atoms with van der Waals surface area (Å²) >= 11 is 0. The van der Waals surface area contributed by atoms with Gasteiger partial charge in [-0.1, -0.05) is 24.3 Å². The van der Waals surface area contributed by atoms with E-state index < -0.39 is 18.3 Å². The lowest BCUT2D eigenvalue weighted by Gasteiger charge is -2.20. The molecule has 0 heterocycles. The van der Waals surface area contributed by atoms with Crippen LogP contribution in [0.25, 0.3) is 21.5 Å². The Hall–Kier alpha value is -2.54. The summed E-state index contributed by atoms with van der Waals surface area (Å²) in [5.74, 6) is 1.62. The summed E-state index contributed by atoms with van der Waals surface area (Å²) in [5.41, 5.74) is 0. The maximum atomic E-state index is 9.71. The van der Waals surface area contributed by atoms with Crippen molar-refractivity contribution in [1.82, 2.24) is 0 Å². The van der Waals surface area contributed by atoms with Gasteiger partial charge in [-0.25, -0.2) is 0 Å². The zero-order valence-electron chi connectivity index (χ0n) is 17.0. The summed E-state index contributed by atoms with van der Waals surface area (Å²) in [6.45, 7) is 5.34. The molecular formula is C23H28O6. The second-order valence-electron chi connectivity index (χ2n) is 7.39. The molecule has 6 heteroatoms. The van der Waals surface area contributed by atoms with Gasteiger partial charge in [0, 0.05) is 16.2 Å². The molecule has 0 bridgehead atoms. The quantitative estimate of drug-likeness (QED) is 0.478. The standard InChI is InChI=1S/C23H28O6/c1-14(24)11-27-21-9-8-19-20(23(21)29-13-16(3)26)10-17-6-4-5-7-18(17)22(19)28-12-15(2)25/h4-10,14-16,24-26H,11-13H2,1-3H3. The van der Waals surface area contributed by atoms with Crippen LogP contribution in [0.15, 0.2) is 42.5 Å². The lowest BCUT2D eigenvalue weighted by molar-refractivity contribution is 0.108. The van der Waals surface area contributed by atoms with E-state index in [1.54, 1.807) is 26.8 Å². The molecule has 0 radical (unpaired) electrons. The molecule has 29 heavy (non-hydrogen) atoms. The highest BCUT2D eigenvalue weighted by Gasteiger charge is 2.18. The Morgan fingerprint density at radius 2 is 1.24 bits per heavy atom. The molecule has 3 aromatic carbocycles. The van der Waals surface area contributed by atoms with Crippen molar-refractivity contribution in [2.45, 2.75) is 39.1 Å². The topological polar surface area (TPSA) is 88.4 Å². The molecule has 156 valence electrons. The van der Waals surface area contributed by atoms with Gasteiger partial charge in [-0.05, 0) is 44.4 Å². The van der Waals surface area contributed by atoms with Crippen molar-refractivity contribution in [3.05, 3.63) is 42.5 Å². The average Bonchev–Trinajstić information content (AvgIpc) is 2.67. The zero-order chi connectivity index (χ0) is 21.0. The van der Waals surface area contributed by atoms with E-state index in [0.717, 1.165) is 21.5 Å². The number of benzene rings is 3. The predicted molar refractivity (Wildman–Crippen MR) is 113 cm³/mol. The van der Waals surface area contributed by atoms with Crippen LogP contribution in [-0.2, 0) is 0 Å². The highest BCUT2D eigenvalue weighted by atomic mass is 16.5. The third-order valence-electron chi connectivity index (χ3n) is 4.33. The number of hydrogen-bond donors (Lipinski definition) is 3. The van der Waals surface area contributed by atoms with Crippen LogP contribution >= 0.6 is 0 Å². The van der Waals surface area contributed by atoms with Gasteiger partial charge in [0.1, 0.15) is 25.6 Å². The number of aliphatic hydroxyl groups is 3. The minimum atomic E-state index is -0.652. The van der Waals surface area contributed by atoms with Gasteiger partial charge in [0.2, 0.25) is 0 Å². The van der Waals surface area contributed by atoms with Gasteiger partial charge in [0.25, 0.3) is 0 Å². The monoisotopic (exact) mass is 400 g/mol. The Morgan fingerprint density at radius 3 is 1.90 bits per heavy atom. The molecule has 3 unspecified atom stereocenters. The summed E-state index contributed by atoms with van der Waals surface area (Å²) in [6, 6.07) is 13.5. The molecule has 0 aromatic heterocycles. The fourth-order valence-electron chi connectivity index (χ4n) is 3.09. The Labute approximate surface area is 170 Å². The normalized spacial score (nSPS) is 14.6. The fraction of sp³-hybridized carbons (Fsp3) is 0.391. The van der Waals surface area contributed by atoms with E-state index in [1.165, 1.54) is 0 Å². The van der Waals surface area contributed by atoms with Crippen molar-refractivity contribution < 1.29 is 29.5 Å². The summed E-state index contributed by atoms with van der Waals surface area (Å²) in [5, 5.41) is 32.5. The maximum absolute atomic E-state index is 9.71. The van der Waals surface area contributed by atoms with Gasteiger partial charge in [-0.15, -0.1) is 0 Å². The molecule has 0 aliphatic rings. The smallest absolute Gasteiger partial charge is 0.169 e. The molecule has 0 fully saturated rings. The van der Waals surface area contributed by atoms with Crippen LogP contribution < -0.4 is 14.2 Å². The van der Waals surface area contributed by atoms with Crippen molar-refractivity contribution in [1.29, 1.82) is 0 Å². The van der Waals surface area contributed by atoms with Gasteiger partial charge >= 0.3 is 0 Å². The van der Waals surface area contributed by atoms with Crippen LogP contribution in [0.1, 0.15) is 20.8 Å². The van der Waals surface area contributed by atoms with Crippen molar-refractivity contribution in [3.8, 4) is 17.2 Å². The van der Waals surface area contributed by atoms with Crippen molar-refractivity contribution in [2.24, 2.45) is 0 Å². The molecule has 3 rings (SSSR count). The van der Waals surface area contributed by atoms with E-state index in [2.05, 4.69) is 0 Å². The average molecular weight is 400 g/mol. The third kappa shape index (κ3) is 5.09. The Morgan fingerprint density at radius 1 is 0.655 bits per heavy atom. The second kappa shape index (κ2) is 9.31. The number of rotatable bonds is 9. The van der Waals surface area contributed by atoms with E-state index in [9.17, 15) is 15.3 Å². The van der Waals surface area contributed by atoms with Gasteiger partial charge in [0.15, 0.2) is 11.5 Å². The third-order valence-corrected chi connectivity index (χ3v) is 4.33.